The Morgan fingerprint density at radius 2 is 1.49 bits per heavy atom. The zero-order chi connectivity index (χ0) is 23.4. The monoisotopic (exact) mass is 474 g/mol. The molecular weight excluding hydrogens is 452 g/mol. The summed E-state index contributed by atoms with van der Waals surface area (Å²) in [6, 6.07) is 28.7. The Hall–Kier alpha value is -4.10. The molecule has 0 spiro atoms. The number of pyridine rings is 1. The summed E-state index contributed by atoms with van der Waals surface area (Å²) in [5.41, 5.74) is 14.9. The Bertz CT molecular complexity index is 1700. The van der Waals surface area contributed by atoms with Crippen LogP contribution in [0.5, 0.6) is 0 Å². The molecule has 170 valence electrons. The molecule has 7 rings (SSSR count). The van der Waals surface area contributed by atoms with Gasteiger partial charge >= 0.3 is 0 Å². The van der Waals surface area contributed by atoms with Crippen molar-refractivity contribution in [3.05, 3.63) is 96.1 Å². The van der Waals surface area contributed by atoms with E-state index in [1.807, 2.05) is 54.6 Å². The molecule has 6 aromatic rings. The number of fused-ring (bicyclic) bond motifs is 4. The summed E-state index contributed by atoms with van der Waals surface area (Å²) in [6.45, 7) is 0. The molecular formula is C28H22N6S. The average molecular weight is 475 g/mol. The zero-order valence-corrected chi connectivity index (χ0v) is 19.7. The Morgan fingerprint density at radius 3 is 2.31 bits per heavy atom. The van der Waals surface area contributed by atoms with Crippen LogP contribution in [0, 0.1) is 0 Å². The molecule has 1 aliphatic rings. The molecule has 0 unspecified atom stereocenters. The summed E-state index contributed by atoms with van der Waals surface area (Å²) in [6.07, 6.45) is 3.07. The third kappa shape index (κ3) is 3.15. The van der Waals surface area contributed by atoms with Gasteiger partial charge in [0.2, 0.25) is 5.16 Å². The number of hydrogen-bond acceptors (Lipinski definition) is 5. The summed E-state index contributed by atoms with van der Waals surface area (Å²) < 4.78 is 4.36. The van der Waals surface area contributed by atoms with E-state index in [9.17, 15) is 0 Å². The number of imidazole rings is 1. The molecule has 0 fully saturated rings. The molecule has 3 aromatic carbocycles. The van der Waals surface area contributed by atoms with Gasteiger partial charge in [-0.05, 0) is 66.4 Å². The number of para-hydroxylation sites is 3. The zero-order valence-electron chi connectivity index (χ0n) is 18.9. The molecule has 0 bridgehead atoms. The smallest absolute Gasteiger partial charge is 0.202 e. The first kappa shape index (κ1) is 20.3. The van der Waals surface area contributed by atoms with Crippen molar-refractivity contribution in [2.24, 2.45) is 0 Å². The van der Waals surface area contributed by atoms with E-state index in [1.165, 1.54) is 11.1 Å². The van der Waals surface area contributed by atoms with Crippen molar-refractivity contribution in [2.45, 2.75) is 29.4 Å². The van der Waals surface area contributed by atoms with Crippen LogP contribution in [0.15, 0.2) is 95.1 Å². The average Bonchev–Trinajstić information content (AvgIpc) is 3.65. The van der Waals surface area contributed by atoms with Crippen molar-refractivity contribution in [3.8, 4) is 17.1 Å². The maximum atomic E-state index is 6.67. The first-order valence-electron chi connectivity index (χ1n) is 11.7. The van der Waals surface area contributed by atoms with Crippen molar-refractivity contribution in [2.75, 3.05) is 5.73 Å². The Kier molecular flexibility index (Phi) is 4.63. The number of nitrogens with two attached hydrogens (primary N) is 1. The Labute approximate surface area is 206 Å². The van der Waals surface area contributed by atoms with Crippen LogP contribution in [-0.4, -0.2) is 24.1 Å². The number of rotatable bonds is 4. The molecule has 35 heavy (non-hydrogen) atoms. The summed E-state index contributed by atoms with van der Waals surface area (Å²) in [5, 5.41) is 11.3. The fourth-order valence-electron chi connectivity index (χ4n) is 5.07. The fourth-order valence-corrected chi connectivity index (χ4v) is 6.24. The van der Waals surface area contributed by atoms with Gasteiger partial charge in [0.05, 0.1) is 21.7 Å². The molecule has 0 amide bonds. The molecule has 0 radical (unpaired) electrons. The molecule has 1 aliphatic carbocycles. The normalized spacial score (nSPS) is 13.0. The van der Waals surface area contributed by atoms with Gasteiger partial charge in [0.1, 0.15) is 0 Å². The van der Waals surface area contributed by atoms with E-state index in [0.29, 0.717) is 0 Å². The largest absolute Gasteiger partial charge is 0.395 e. The quantitative estimate of drug-likeness (QED) is 0.341. The molecule has 0 atom stereocenters. The highest BCUT2D eigenvalue weighted by atomic mass is 32.2. The molecule has 0 saturated heterocycles. The minimum Gasteiger partial charge on any atom is -0.395 e. The van der Waals surface area contributed by atoms with E-state index in [1.54, 1.807) is 11.8 Å². The van der Waals surface area contributed by atoms with E-state index in [0.717, 1.165) is 68.9 Å². The van der Waals surface area contributed by atoms with Gasteiger partial charge in [-0.2, -0.15) is 0 Å². The predicted molar refractivity (Wildman–Crippen MR) is 140 cm³/mol. The van der Waals surface area contributed by atoms with Gasteiger partial charge in [-0.25, -0.2) is 4.98 Å². The van der Waals surface area contributed by atoms with Gasteiger partial charge in [0.15, 0.2) is 11.5 Å². The van der Waals surface area contributed by atoms with E-state index in [2.05, 4.69) is 44.4 Å². The molecule has 3 heterocycles. The van der Waals surface area contributed by atoms with Crippen LogP contribution in [0.2, 0.25) is 0 Å². The minimum atomic E-state index is 0.799. The maximum Gasteiger partial charge on any atom is 0.202 e. The lowest BCUT2D eigenvalue weighted by Crippen LogP contribution is -2.05. The first-order valence-corrected chi connectivity index (χ1v) is 12.6. The molecule has 2 N–H and O–H groups in total. The fraction of sp³-hybridized carbons (Fsp3) is 0.107. The molecule has 0 saturated carbocycles. The number of anilines is 1. The van der Waals surface area contributed by atoms with E-state index >= 15 is 0 Å². The van der Waals surface area contributed by atoms with Gasteiger partial charge in [-0.1, -0.05) is 60.7 Å². The van der Waals surface area contributed by atoms with Crippen molar-refractivity contribution in [1.29, 1.82) is 0 Å². The number of nitrogens with zero attached hydrogens (tertiary/aromatic N) is 5. The van der Waals surface area contributed by atoms with Gasteiger partial charge in [-0.3, -0.25) is 8.97 Å². The SMILES string of the molecule is Nc1c2c(c(Sc3nnc(-c4ccccc4)n3-c3ccccc3)n3c1nc1ccccc13)CCC2. The van der Waals surface area contributed by atoms with Crippen LogP contribution in [-0.2, 0) is 12.8 Å². The number of benzene rings is 3. The van der Waals surface area contributed by atoms with Crippen LogP contribution < -0.4 is 5.73 Å². The van der Waals surface area contributed by atoms with Crippen LogP contribution in [0.1, 0.15) is 17.5 Å². The van der Waals surface area contributed by atoms with E-state index in [-0.39, 0.29) is 0 Å². The van der Waals surface area contributed by atoms with Gasteiger partial charge < -0.3 is 5.73 Å². The third-order valence-corrected chi connectivity index (χ3v) is 7.74. The lowest BCUT2D eigenvalue weighted by atomic mass is 10.1. The maximum absolute atomic E-state index is 6.67. The van der Waals surface area contributed by atoms with Crippen LogP contribution in [0.4, 0.5) is 5.69 Å². The summed E-state index contributed by atoms with van der Waals surface area (Å²) in [4.78, 5) is 4.91. The standard InChI is InChI=1S/C28H22N6S/c29-24-20-14-9-15-21(20)27(34-23-17-8-7-16-22(23)30-26(24)34)35-28-32-31-25(18-10-3-1-4-11-18)33(28)19-12-5-2-6-13-19/h1-8,10-13,16-17H,9,14-15,29H2. The highest BCUT2D eigenvalue weighted by Crippen LogP contribution is 2.42. The van der Waals surface area contributed by atoms with Crippen LogP contribution >= 0.6 is 11.8 Å². The molecule has 0 aliphatic heterocycles. The van der Waals surface area contributed by atoms with Crippen LogP contribution in [0.3, 0.4) is 0 Å². The van der Waals surface area contributed by atoms with Crippen molar-refractivity contribution < 1.29 is 0 Å². The lowest BCUT2D eigenvalue weighted by Gasteiger charge is -2.15. The second-order valence-electron chi connectivity index (χ2n) is 8.73. The van der Waals surface area contributed by atoms with Gasteiger partial charge in [-0.15, -0.1) is 10.2 Å². The second-order valence-corrected chi connectivity index (χ2v) is 9.69. The van der Waals surface area contributed by atoms with Crippen molar-refractivity contribution in [3.63, 3.8) is 0 Å². The summed E-state index contributed by atoms with van der Waals surface area (Å²) >= 11 is 1.64. The topological polar surface area (TPSA) is 74.0 Å². The highest BCUT2D eigenvalue weighted by molar-refractivity contribution is 7.99. The number of nitrogen functional groups attached to an aromatic ring is 1. The Balaban J connectivity index is 1.49. The first-order chi connectivity index (χ1) is 17.3. The third-order valence-electron chi connectivity index (χ3n) is 6.67. The van der Waals surface area contributed by atoms with Gasteiger partial charge in [0.25, 0.3) is 0 Å². The summed E-state index contributed by atoms with van der Waals surface area (Å²) in [5.74, 6) is 0.818. The lowest BCUT2D eigenvalue weighted by molar-refractivity contribution is 0.869. The van der Waals surface area contributed by atoms with E-state index < -0.39 is 0 Å². The molecule has 7 heteroatoms. The van der Waals surface area contributed by atoms with E-state index in [4.69, 9.17) is 15.8 Å². The number of hydrogen-bond donors (Lipinski definition) is 1. The van der Waals surface area contributed by atoms with Crippen molar-refractivity contribution in [1.82, 2.24) is 24.1 Å². The second kappa shape index (κ2) is 7.99. The summed E-state index contributed by atoms with van der Waals surface area (Å²) in [7, 11) is 0. The highest BCUT2D eigenvalue weighted by Gasteiger charge is 2.27. The van der Waals surface area contributed by atoms with Gasteiger partial charge in [0, 0.05) is 11.3 Å². The number of aromatic nitrogens is 5. The van der Waals surface area contributed by atoms with Crippen LogP contribution in [0.25, 0.3) is 33.8 Å². The van der Waals surface area contributed by atoms with Crippen molar-refractivity contribution >= 4 is 34.1 Å². The predicted octanol–water partition coefficient (Wildman–Crippen LogP) is 5.96. The molecule has 3 aromatic heterocycles. The molecule has 6 nitrogen and oxygen atoms in total. The minimum absolute atomic E-state index is 0.799. The Morgan fingerprint density at radius 1 is 0.771 bits per heavy atom.